The first-order valence-corrected chi connectivity index (χ1v) is 16.1. The minimum absolute atomic E-state index is 0.0721. The zero-order chi connectivity index (χ0) is 29.5. The molecule has 1 nitrogen and oxygen atoms in total. The first kappa shape index (κ1) is 30.4. The number of ether oxygens (including phenoxy) is 1. The zero-order valence-corrected chi connectivity index (χ0v) is 25.2. The fourth-order valence-electron chi connectivity index (χ4n) is 7.31. The van der Waals surface area contributed by atoms with Crippen LogP contribution >= 0.6 is 0 Å². The second-order valence-electron chi connectivity index (χ2n) is 12.4. The van der Waals surface area contributed by atoms with Crippen LogP contribution in [0, 0.1) is 35.2 Å². The molecular weight excluding hydrogens is 529 g/mol. The van der Waals surface area contributed by atoms with Gasteiger partial charge in [-0.2, -0.15) is 4.39 Å². The molecule has 2 saturated carbocycles. The van der Waals surface area contributed by atoms with Gasteiger partial charge in [-0.1, -0.05) is 68.3 Å². The maximum atomic E-state index is 15.4. The molecule has 0 radical (unpaired) electrons. The summed E-state index contributed by atoms with van der Waals surface area (Å²) in [6.07, 6.45) is 17.8. The fraction of sp³-hybridized carbons (Fsp3) is 0.474. The largest absolute Gasteiger partial charge is 0.490 e. The number of allylic oxidation sites excluding steroid dienone is 2. The molecular formula is C38H45F3O. The van der Waals surface area contributed by atoms with Gasteiger partial charge in [0.25, 0.3) is 0 Å². The molecule has 3 aromatic rings. The molecule has 0 unspecified atom stereocenters. The first-order chi connectivity index (χ1) is 20.5. The van der Waals surface area contributed by atoms with Crippen molar-refractivity contribution in [1.29, 1.82) is 0 Å². The Morgan fingerprint density at radius 1 is 0.738 bits per heavy atom. The predicted octanol–water partition coefficient (Wildman–Crippen LogP) is 11.7. The van der Waals surface area contributed by atoms with Gasteiger partial charge in [0, 0.05) is 5.56 Å². The number of rotatable bonds is 10. The number of halogens is 3. The Kier molecular flexibility index (Phi) is 10.5. The molecule has 4 heteroatoms. The highest BCUT2D eigenvalue weighted by Crippen LogP contribution is 2.45. The monoisotopic (exact) mass is 574 g/mol. The molecule has 0 saturated heterocycles. The van der Waals surface area contributed by atoms with E-state index < -0.39 is 11.6 Å². The Balaban J connectivity index is 1.17. The van der Waals surface area contributed by atoms with Crippen molar-refractivity contribution in [2.45, 2.75) is 90.4 Å². The zero-order valence-electron chi connectivity index (χ0n) is 25.2. The van der Waals surface area contributed by atoms with Crippen LogP contribution in [-0.2, 0) is 0 Å². The first-order valence-electron chi connectivity index (χ1n) is 16.1. The summed E-state index contributed by atoms with van der Waals surface area (Å²) in [6, 6.07) is 15.8. The average Bonchev–Trinajstić information content (AvgIpc) is 3.02. The molecule has 224 valence electrons. The van der Waals surface area contributed by atoms with Crippen LogP contribution in [0.25, 0.3) is 22.3 Å². The van der Waals surface area contributed by atoms with Crippen LogP contribution in [0.1, 0.15) is 96.0 Å². The Labute approximate surface area is 250 Å². The third-order valence-electron chi connectivity index (χ3n) is 9.79. The molecule has 0 aromatic heterocycles. The van der Waals surface area contributed by atoms with Crippen LogP contribution in [-0.4, -0.2) is 6.61 Å². The summed E-state index contributed by atoms with van der Waals surface area (Å²) in [4.78, 5) is 0. The Morgan fingerprint density at radius 3 is 2.02 bits per heavy atom. The Bertz CT molecular complexity index is 1330. The van der Waals surface area contributed by atoms with Gasteiger partial charge in [0.2, 0.25) is 5.82 Å². The highest BCUT2D eigenvalue weighted by atomic mass is 19.2. The van der Waals surface area contributed by atoms with Crippen LogP contribution in [0.15, 0.2) is 66.7 Å². The van der Waals surface area contributed by atoms with Crippen molar-refractivity contribution in [3.05, 3.63) is 89.8 Å². The smallest absolute Gasteiger partial charge is 0.201 e. The molecule has 2 fully saturated rings. The third kappa shape index (κ3) is 7.13. The van der Waals surface area contributed by atoms with Crippen LogP contribution in [0.3, 0.4) is 0 Å². The molecule has 3 aromatic carbocycles. The molecule has 2 aliphatic rings. The van der Waals surface area contributed by atoms with Gasteiger partial charge in [-0.15, -0.1) is 0 Å². The molecule has 2 aliphatic carbocycles. The van der Waals surface area contributed by atoms with Gasteiger partial charge in [0.1, 0.15) is 5.82 Å². The SMILES string of the molecule is C/C=C/CCC1CCC(C2CCC(c3ccc(-c4ccc(-c5ccc(OCCC)c(F)c5F)cc4)cc3F)CC2)CC1. The van der Waals surface area contributed by atoms with Gasteiger partial charge in [0.15, 0.2) is 11.6 Å². The lowest BCUT2D eigenvalue weighted by molar-refractivity contribution is 0.156. The van der Waals surface area contributed by atoms with E-state index in [9.17, 15) is 8.78 Å². The van der Waals surface area contributed by atoms with Gasteiger partial charge in [0.05, 0.1) is 6.61 Å². The highest BCUT2D eigenvalue weighted by molar-refractivity contribution is 5.71. The van der Waals surface area contributed by atoms with Crippen molar-refractivity contribution in [1.82, 2.24) is 0 Å². The summed E-state index contributed by atoms with van der Waals surface area (Å²) < 4.78 is 49.9. The van der Waals surface area contributed by atoms with Crippen molar-refractivity contribution in [3.63, 3.8) is 0 Å². The maximum Gasteiger partial charge on any atom is 0.201 e. The summed E-state index contributed by atoms with van der Waals surface area (Å²) in [5, 5.41) is 0. The van der Waals surface area contributed by atoms with E-state index >= 15 is 4.39 Å². The van der Waals surface area contributed by atoms with Gasteiger partial charge < -0.3 is 4.74 Å². The maximum absolute atomic E-state index is 15.4. The topological polar surface area (TPSA) is 9.23 Å². The lowest BCUT2D eigenvalue weighted by Crippen LogP contribution is -2.25. The van der Waals surface area contributed by atoms with E-state index in [4.69, 9.17) is 4.74 Å². The quantitative estimate of drug-likeness (QED) is 0.219. The summed E-state index contributed by atoms with van der Waals surface area (Å²) in [6.45, 7) is 4.35. The van der Waals surface area contributed by atoms with Gasteiger partial charge in [-0.25, -0.2) is 8.78 Å². The third-order valence-corrected chi connectivity index (χ3v) is 9.79. The van der Waals surface area contributed by atoms with E-state index in [1.54, 1.807) is 24.3 Å². The van der Waals surface area contributed by atoms with Crippen LogP contribution < -0.4 is 4.74 Å². The minimum Gasteiger partial charge on any atom is -0.490 e. The van der Waals surface area contributed by atoms with Crippen molar-refractivity contribution in [2.24, 2.45) is 17.8 Å². The van der Waals surface area contributed by atoms with Crippen LogP contribution in [0.4, 0.5) is 13.2 Å². The fourth-order valence-corrected chi connectivity index (χ4v) is 7.31. The van der Waals surface area contributed by atoms with Gasteiger partial charge >= 0.3 is 0 Å². The summed E-state index contributed by atoms with van der Waals surface area (Å²) in [5.74, 6) is 0.743. The molecule has 0 spiro atoms. The van der Waals surface area contributed by atoms with Gasteiger partial charge in [-0.3, -0.25) is 0 Å². The van der Waals surface area contributed by atoms with E-state index in [2.05, 4.69) is 19.1 Å². The van der Waals surface area contributed by atoms with Gasteiger partial charge in [-0.05, 0) is 129 Å². The highest BCUT2D eigenvalue weighted by Gasteiger charge is 2.32. The standard InChI is InChI=1S/C38H45F3O/c1-3-5-6-7-26-8-10-27(11-9-26)28-12-16-30(17-13-28)33-21-20-32(25-35(33)39)29-14-18-31(19-15-29)34-22-23-36(42-24-4-2)38(41)37(34)40/h3,5,14-15,18-23,25-28,30H,4,6-13,16-17,24H2,1-2H3/b5-3+. The van der Waals surface area contributed by atoms with E-state index in [0.29, 0.717) is 18.6 Å². The van der Waals surface area contributed by atoms with Crippen molar-refractivity contribution in [2.75, 3.05) is 6.61 Å². The van der Waals surface area contributed by atoms with Crippen molar-refractivity contribution >= 4 is 0 Å². The molecule has 0 atom stereocenters. The van der Waals surface area contributed by atoms with Crippen molar-refractivity contribution < 1.29 is 17.9 Å². The van der Waals surface area contributed by atoms with E-state index in [1.807, 2.05) is 31.2 Å². The molecule has 0 N–H and O–H groups in total. The molecule has 0 bridgehead atoms. The molecule has 42 heavy (non-hydrogen) atoms. The van der Waals surface area contributed by atoms with Crippen LogP contribution in [0.5, 0.6) is 5.75 Å². The van der Waals surface area contributed by atoms with E-state index in [1.165, 1.54) is 57.4 Å². The second-order valence-corrected chi connectivity index (χ2v) is 12.4. The molecule has 5 rings (SSSR count). The lowest BCUT2D eigenvalue weighted by atomic mass is 9.68. The molecule has 0 aliphatic heterocycles. The number of hydrogen-bond acceptors (Lipinski definition) is 1. The van der Waals surface area contributed by atoms with Crippen LogP contribution in [0.2, 0.25) is 0 Å². The van der Waals surface area contributed by atoms with E-state index in [0.717, 1.165) is 47.3 Å². The Morgan fingerprint density at radius 2 is 1.38 bits per heavy atom. The summed E-state index contributed by atoms with van der Waals surface area (Å²) in [7, 11) is 0. The normalized spacial score (nSPS) is 22.9. The predicted molar refractivity (Wildman–Crippen MR) is 167 cm³/mol. The minimum atomic E-state index is -0.972. The average molecular weight is 575 g/mol. The number of hydrogen-bond donors (Lipinski definition) is 0. The number of benzene rings is 3. The van der Waals surface area contributed by atoms with E-state index in [-0.39, 0.29) is 23.0 Å². The summed E-state index contributed by atoms with van der Waals surface area (Å²) in [5.41, 5.74) is 3.21. The molecule has 0 amide bonds. The van der Waals surface area contributed by atoms with Crippen molar-refractivity contribution in [3.8, 4) is 28.0 Å². The summed E-state index contributed by atoms with van der Waals surface area (Å²) >= 11 is 0. The second kappa shape index (κ2) is 14.4. The lowest BCUT2D eigenvalue weighted by Gasteiger charge is -2.38. The molecule has 0 heterocycles. The Hall–Kier alpha value is -3.01.